The molecule has 8 heteroatoms. The first-order valence-corrected chi connectivity index (χ1v) is 10.4. The van der Waals surface area contributed by atoms with Crippen molar-refractivity contribution in [3.8, 4) is 0 Å². The third-order valence-electron chi connectivity index (χ3n) is 4.78. The maximum Gasteiger partial charge on any atom is 0.256 e. The van der Waals surface area contributed by atoms with Gasteiger partial charge in [0.15, 0.2) is 15.7 Å². The summed E-state index contributed by atoms with van der Waals surface area (Å²) in [4.78, 5) is 12.8. The lowest BCUT2D eigenvalue weighted by Gasteiger charge is -2.15. The fraction of sp³-hybridized carbons (Fsp3) is 0.200. The highest BCUT2D eigenvalue weighted by molar-refractivity contribution is 7.91. The second-order valence-electron chi connectivity index (χ2n) is 6.91. The van der Waals surface area contributed by atoms with Gasteiger partial charge < -0.3 is 5.32 Å². The van der Waals surface area contributed by atoms with E-state index in [2.05, 4.69) is 20.8 Å². The minimum Gasteiger partial charge on any atom is -0.305 e. The van der Waals surface area contributed by atoms with Gasteiger partial charge in [0, 0.05) is 12.1 Å². The molecule has 0 radical (unpaired) electrons. The standard InChI is InChI=1S/C20H20N4O3S/c1-12-6-8-14(9-7-12)19(25)22-18-17-16(23-24-18)11-21-20(17)28(26,27)15-5-3-4-13(2)10-15/h3-10,20-21H,11H2,1-2H3,(H2,22,23,24,25). The number of carbonyl (C=O) groups excluding carboxylic acids is 1. The Morgan fingerprint density at radius 3 is 2.57 bits per heavy atom. The van der Waals surface area contributed by atoms with Crippen LogP contribution < -0.4 is 10.6 Å². The fourth-order valence-corrected chi connectivity index (χ4v) is 5.03. The van der Waals surface area contributed by atoms with Crippen molar-refractivity contribution < 1.29 is 13.2 Å². The number of rotatable bonds is 4. The number of fused-ring (bicyclic) bond motifs is 1. The van der Waals surface area contributed by atoms with Gasteiger partial charge in [-0.05, 0) is 43.7 Å². The van der Waals surface area contributed by atoms with Gasteiger partial charge in [0.05, 0.1) is 16.2 Å². The molecule has 1 aliphatic rings. The van der Waals surface area contributed by atoms with Crippen LogP contribution in [0.25, 0.3) is 0 Å². The molecule has 0 bridgehead atoms. The quantitative estimate of drug-likeness (QED) is 0.629. The molecule has 1 unspecified atom stereocenters. The van der Waals surface area contributed by atoms with E-state index in [4.69, 9.17) is 0 Å². The number of carbonyl (C=O) groups is 1. The summed E-state index contributed by atoms with van der Waals surface area (Å²) in [5.74, 6) is -0.111. The van der Waals surface area contributed by atoms with Crippen LogP contribution in [0.3, 0.4) is 0 Å². The Hall–Kier alpha value is -2.97. The van der Waals surface area contributed by atoms with Gasteiger partial charge in [-0.2, -0.15) is 5.10 Å². The molecule has 0 aliphatic carbocycles. The van der Waals surface area contributed by atoms with Crippen LogP contribution in [-0.2, 0) is 16.4 Å². The molecule has 144 valence electrons. The normalized spacial score (nSPS) is 16.0. The molecule has 1 atom stereocenters. The van der Waals surface area contributed by atoms with E-state index in [1.54, 1.807) is 30.3 Å². The molecule has 1 aliphatic heterocycles. The lowest BCUT2D eigenvalue weighted by molar-refractivity contribution is 0.102. The Kier molecular flexibility index (Phi) is 4.52. The highest BCUT2D eigenvalue weighted by Gasteiger charge is 2.39. The molecule has 0 saturated heterocycles. The summed E-state index contributed by atoms with van der Waals surface area (Å²) in [7, 11) is -3.70. The number of H-pyrrole nitrogens is 1. The van der Waals surface area contributed by atoms with Crippen molar-refractivity contribution in [1.29, 1.82) is 0 Å². The number of nitrogens with one attached hydrogen (secondary N) is 3. The fourth-order valence-electron chi connectivity index (χ4n) is 3.27. The first kappa shape index (κ1) is 18.4. The third-order valence-corrected chi connectivity index (χ3v) is 6.72. The third kappa shape index (κ3) is 3.21. The summed E-state index contributed by atoms with van der Waals surface area (Å²) in [6.45, 7) is 4.12. The molecule has 3 aromatic rings. The van der Waals surface area contributed by atoms with Crippen molar-refractivity contribution in [3.63, 3.8) is 0 Å². The highest BCUT2D eigenvalue weighted by atomic mass is 32.2. The minimum atomic E-state index is -3.70. The number of sulfone groups is 1. The average molecular weight is 396 g/mol. The highest BCUT2D eigenvalue weighted by Crippen LogP contribution is 2.37. The average Bonchev–Trinajstić information content (AvgIpc) is 3.25. The second-order valence-corrected chi connectivity index (χ2v) is 8.94. The number of aromatic nitrogens is 2. The van der Waals surface area contributed by atoms with Crippen molar-refractivity contribution >= 4 is 21.6 Å². The summed E-state index contributed by atoms with van der Waals surface area (Å²) >= 11 is 0. The molecule has 0 fully saturated rings. The summed E-state index contributed by atoms with van der Waals surface area (Å²) in [6.07, 6.45) is 0. The van der Waals surface area contributed by atoms with E-state index in [1.165, 1.54) is 0 Å². The van der Waals surface area contributed by atoms with Crippen LogP contribution in [0, 0.1) is 13.8 Å². The van der Waals surface area contributed by atoms with Gasteiger partial charge in [-0.3, -0.25) is 15.2 Å². The number of hydrogen-bond donors (Lipinski definition) is 3. The van der Waals surface area contributed by atoms with Crippen molar-refractivity contribution in [2.75, 3.05) is 5.32 Å². The molecular weight excluding hydrogens is 376 g/mol. The zero-order valence-corrected chi connectivity index (χ0v) is 16.3. The van der Waals surface area contributed by atoms with E-state index in [0.717, 1.165) is 11.1 Å². The number of aryl methyl sites for hydroxylation is 2. The molecular formula is C20H20N4O3S. The van der Waals surface area contributed by atoms with Gasteiger partial charge in [0.2, 0.25) is 0 Å². The van der Waals surface area contributed by atoms with Gasteiger partial charge in [0.1, 0.15) is 5.37 Å². The topological polar surface area (TPSA) is 104 Å². The van der Waals surface area contributed by atoms with E-state index in [9.17, 15) is 13.2 Å². The van der Waals surface area contributed by atoms with Gasteiger partial charge in [-0.15, -0.1) is 0 Å². The van der Waals surface area contributed by atoms with Gasteiger partial charge in [-0.1, -0.05) is 29.8 Å². The Bertz CT molecular complexity index is 1150. The van der Waals surface area contributed by atoms with Crippen molar-refractivity contribution in [2.24, 2.45) is 0 Å². The zero-order chi connectivity index (χ0) is 19.9. The Morgan fingerprint density at radius 1 is 1.11 bits per heavy atom. The zero-order valence-electron chi connectivity index (χ0n) is 15.5. The molecule has 2 aromatic carbocycles. The first-order valence-electron chi connectivity index (χ1n) is 8.85. The maximum atomic E-state index is 13.2. The number of aromatic amines is 1. The second kappa shape index (κ2) is 6.88. The number of benzene rings is 2. The summed E-state index contributed by atoms with van der Waals surface area (Å²) in [5.41, 5.74) is 3.50. The van der Waals surface area contributed by atoms with Crippen molar-refractivity contribution in [3.05, 3.63) is 76.5 Å². The molecule has 7 nitrogen and oxygen atoms in total. The van der Waals surface area contributed by atoms with E-state index < -0.39 is 15.2 Å². The first-order chi connectivity index (χ1) is 13.4. The van der Waals surface area contributed by atoms with E-state index in [0.29, 0.717) is 23.4 Å². The van der Waals surface area contributed by atoms with Crippen LogP contribution in [0.1, 0.15) is 38.1 Å². The van der Waals surface area contributed by atoms with Crippen LogP contribution in [0.15, 0.2) is 53.4 Å². The van der Waals surface area contributed by atoms with E-state index in [-0.39, 0.29) is 16.6 Å². The van der Waals surface area contributed by atoms with E-state index >= 15 is 0 Å². The Labute approximate surface area is 163 Å². The molecule has 0 saturated carbocycles. The van der Waals surface area contributed by atoms with Crippen LogP contribution in [0.2, 0.25) is 0 Å². The van der Waals surface area contributed by atoms with Crippen LogP contribution in [-0.4, -0.2) is 24.5 Å². The van der Waals surface area contributed by atoms with Gasteiger partial charge >= 0.3 is 0 Å². The predicted octanol–water partition coefficient (Wildman–Crippen LogP) is 2.85. The van der Waals surface area contributed by atoms with Gasteiger partial charge in [0.25, 0.3) is 5.91 Å². The van der Waals surface area contributed by atoms with Crippen molar-refractivity contribution in [2.45, 2.75) is 30.7 Å². The lowest BCUT2D eigenvalue weighted by atomic mass is 10.1. The number of hydrogen-bond acceptors (Lipinski definition) is 5. The largest absolute Gasteiger partial charge is 0.305 e. The Morgan fingerprint density at radius 2 is 1.86 bits per heavy atom. The lowest BCUT2D eigenvalue weighted by Crippen LogP contribution is -2.24. The van der Waals surface area contributed by atoms with Crippen LogP contribution in [0.5, 0.6) is 0 Å². The molecule has 1 amide bonds. The molecule has 4 rings (SSSR count). The number of nitrogens with zero attached hydrogens (tertiary/aromatic N) is 1. The van der Waals surface area contributed by atoms with Crippen molar-refractivity contribution in [1.82, 2.24) is 15.5 Å². The summed E-state index contributed by atoms with van der Waals surface area (Å²) in [6, 6.07) is 13.9. The molecule has 28 heavy (non-hydrogen) atoms. The Balaban J connectivity index is 1.66. The number of anilines is 1. The van der Waals surface area contributed by atoms with Gasteiger partial charge in [-0.25, -0.2) is 8.42 Å². The molecule has 0 spiro atoms. The van der Waals surface area contributed by atoms with E-state index in [1.807, 2.05) is 32.0 Å². The minimum absolute atomic E-state index is 0.229. The van der Waals surface area contributed by atoms with Crippen LogP contribution >= 0.6 is 0 Å². The molecule has 2 heterocycles. The maximum absolute atomic E-state index is 13.2. The molecule has 3 N–H and O–H groups in total. The van der Waals surface area contributed by atoms with Crippen LogP contribution in [0.4, 0.5) is 5.82 Å². The SMILES string of the molecule is Cc1ccc(C(=O)Nc2n[nH]c3c2C(S(=O)(=O)c2cccc(C)c2)NC3)cc1. The smallest absolute Gasteiger partial charge is 0.256 e. The molecule has 1 aromatic heterocycles. The summed E-state index contributed by atoms with van der Waals surface area (Å²) < 4.78 is 26.4. The monoisotopic (exact) mass is 396 g/mol. The predicted molar refractivity (Wildman–Crippen MR) is 106 cm³/mol. The summed E-state index contributed by atoms with van der Waals surface area (Å²) in [5, 5.41) is 11.7. The number of amides is 1.